The van der Waals surface area contributed by atoms with Crippen LogP contribution in [0.4, 0.5) is 0 Å². The van der Waals surface area contributed by atoms with Crippen molar-refractivity contribution in [3.8, 4) is 11.5 Å². The molecule has 4 aromatic heterocycles. The zero-order chi connectivity index (χ0) is 108. The molecule has 0 aliphatic carbocycles. The maximum atomic E-state index is 15.5. The van der Waals surface area contributed by atoms with Gasteiger partial charge >= 0.3 is 11.9 Å². The molecule has 0 radical (unpaired) electrons. The Morgan fingerprint density at radius 2 is 0.733 bits per heavy atom. The van der Waals surface area contributed by atoms with E-state index < -0.39 is 248 Å². The molecule has 7 aromatic carbocycles. The summed E-state index contributed by atoms with van der Waals surface area (Å²) >= 11 is 0. The molecule has 47 heteroatoms. The molecule has 0 bridgehead atoms. The number of likely N-dealkylation sites (tertiary alicyclic amines) is 1. The summed E-state index contributed by atoms with van der Waals surface area (Å²) in [6.07, 6.45) is 0.270. The lowest BCUT2D eigenvalue weighted by Gasteiger charge is -2.30. The first kappa shape index (κ1) is 111. The van der Waals surface area contributed by atoms with Crippen molar-refractivity contribution in [3.63, 3.8) is 0 Å². The second kappa shape index (κ2) is 52.6. The number of aliphatic hydroxyl groups is 1. The van der Waals surface area contributed by atoms with Gasteiger partial charge in [-0.05, 0) is 108 Å². The molecule has 11 aromatic rings. The van der Waals surface area contributed by atoms with Crippen molar-refractivity contribution < 1.29 is 117 Å². The predicted molar refractivity (Wildman–Crippen MR) is 539 cm³/mol. The number of aromatic amines is 4. The van der Waals surface area contributed by atoms with E-state index in [0.717, 1.165) is 11.8 Å². The average Bonchev–Trinajstić information content (AvgIpc) is 1.67. The molecule has 47 nitrogen and oxygen atoms in total. The highest BCUT2D eigenvalue weighted by Gasteiger charge is 2.43. The van der Waals surface area contributed by atoms with Crippen LogP contribution >= 0.6 is 0 Å². The van der Waals surface area contributed by atoms with Crippen LogP contribution in [-0.4, -0.2) is 278 Å². The standard InChI is InChI=1S/C103H117N23O24/c1-54(113-101(147)89(55(2)127)125-87(133)52-111-90(136)78(43-63-51-107-53-112-63)121-96(142)77(41-61-49-109-70-24-13-10-21-67(61)70)119-97(143)79(44-84(105)130)114-86(132)47-104)102(148)126-35-15-26-83(126)100(146)123-81(46-88(134)135)99(145)120-76(40-60-48-108-69-23-12-9-20-66(60)69)95(141)117-72(36-56-16-5-3-6-17-56)91(137)115-73(37-57-18-7-4-8-19-57)93(139)122-80(45-85(106)131)98(144)118-74(38-58-27-31-64(128)32-28-58)92(138)116-75(39-59-29-33-65(129)34-30-59)94(140)124-82(103(149)150)42-62-50-110-71-25-14-11-22-68(62)71/h3-14,16-25,27-34,48-51,53-55,72-83,89,108-110,127-129H,15,26,35-47,52,104H2,1-2H3,(H2,105,130)(H2,106,131)(H,107,112)(H,111,136)(H,113,147)(H,114,132)(H,115,137)(H,116,138)(H,117,141)(H,118,144)(H,119,143)(H,120,145)(H,121,142)(H,122,139)(H,123,146)(H,124,140)(H,125,133)(H,134,135)(H,149,150)/t54-,55+,72-,73-,74-,75-,76-,77-,78-,79-,80-,81+,82-,83+,89-/m0/s1. The lowest BCUT2D eigenvalue weighted by atomic mass is 10.00. The Balaban J connectivity index is 0.726. The molecule has 5 heterocycles. The van der Waals surface area contributed by atoms with Crippen LogP contribution in [0.3, 0.4) is 0 Å². The average molecular weight is 2060 g/mol. The summed E-state index contributed by atoms with van der Waals surface area (Å²) in [7, 11) is 0. The first-order valence-electron chi connectivity index (χ1n) is 48.0. The van der Waals surface area contributed by atoms with Gasteiger partial charge in [0.2, 0.25) is 100 Å². The number of aliphatic carboxylic acids is 2. The van der Waals surface area contributed by atoms with E-state index in [9.17, 15) is 87.9 Å². The Morgan fingerprint density at radius 3 is 1.11 bits per heavy atom. The number of benzene rings is 7. The molecule has 15 atom stereocenters. The number of hydrogen-bond donors (Lipinski definition) is 26. The van der Waals surface area contributed by atoms with Crippen LogP contribution in [0.15, 0.2) is 213 Å². The van der Waals surface area contributed by atoms with Gasteiger partial charge in [-0.3, -0.25) is 86.3 Å². The Hall–Kier alpha value is -18.2. The van der Waals surface area contributed by atoms with Gasteiger partial charge in [0.1, 0.15) is 96.1 Å². The summed E-state index contributed by atoms with van der Waals surface area (Å²) in [4.78, 5) is 286. The quantitative estimate of drug-likeness (QED) is 0.0189. The topological polar surface area (TPSA) is 751 Å². The Labute approximate surface area is 855 Å². The van der Waals surface area contributed by atoms with Crippen LogP contribution in [0.5, 0.6) is 11.5 Å². The fourth-order valence-electron chi connectivity index (χ4n) is 17.3. The number of fused-ring (bicyclic) bond motifs is 3. The summed E-state index contributed by atoms with van der Waals surface area (Å²) in [6.45, 7) is 0.696. The second-order valence-corrected chi connectivity index (χ2v) is 36.2. The number of primary amides is 2. The number of aromatic nitrogens is 5. The minimum absolute atomic E-state index is 0.0929. The lowest BCUT2D eigenvalue weighted by Crippen LogP contribution is -2.62. The first-order chi connectivity index (χ1) is 71.8. The molecule has 0 unspecified atom stereocenters. The van der Waals surface area contributed by atoms with E-state index in [4.69, 9.17) is 17.2 Å². The Kier molecular flexibility index (Phi) is 38.8. The maximum Gasteiger partial charge on any atom is 0.326 e. The van der Waals surface area contributed by atoms with Crippen molar-refractivity contribution in [2.75, 3.05) is 19.6 Å². The Morgan fingerprint density at radius 1 is 0.380 bits per heavy atom. The summed E-state index contributed by atoms with van der Waals surface area (Å²) in [5.74, 6) is -21.5. The van der Waals surface area contributed by atoms with Crippen molar-refractivity contribution in [3.05, 3.63) is 258 Å². The van der Waals surface area contributed by atoms with E-state index in [0.29, 0.717) is 77.3 Å². The number of carbonyl (C=O) groups excluding carboxylic acids is 17. The minimum atomic E-state index is -2.04. The molecule has 1 saturated heterocycles. The highest BCUT2D eigenvalue weighted by molar-refractivity contribution is 6.03. The van der Waals surface area contributed by atoms with Crippen LogP contribution in [0.2, 0.25) is 0 Å². The minimum Gasteiger partial charge on any atom is -0.508 e. The highest BCUT2D eigenvalue weighted by atomic mass is 16.4. The van der Waals surface area contributed by atoms with Gasteiger partial charge in [0.25, 0.3) is 0 Å². The molecule has 17 amide bonds. The summed E-state index contributed by atoms with van der Waals surface area (Å²) in [5, 5.41) is 89.4. The summed E-state index contributed by atoms with van der Waals surface area (Å²) < 4.78 is 0. The molecule has 150 heavy (non-hydrogen) atoms. The highest BCUT2D eigenvalue weighted by Crippen LogP contribution is 2.26. The van der Waals surface area contributed by atoms with Gasteiger partial charge < -0.3 is 142 Å². The molecule has 29 N–H and O–H groups in total. The zero-order valence-electron chi connectivity index (χ0n) is 81.3. The number of phenols is 2. The number of phenolic OH excluding ortho intramolecular Hbond substituents is 2. The third kappa shape index (κ3) is 31.4. The number of hydrogen-bond acceptors (Lipinski definition) is 24. The number of nitrogens with zero attached hydrogens (tertiary/aromatic N) is 2. The molecule has 0 saturated carbocycles. The van der Waals surface area contributed by atoms with E-state index in [1.165, 1.54) is 74.2 Å². The van der Waals surface area contributed by atoms with E-state index >= 15 is 28.8 Å². The number of aromatic hydroxyl groups is 2. The van der Waals surface area contributed by atoms with Crippen molar-refractivity contribution in [1.29, 1.82) is 0 Å². The number of H-pyrrole nitrogens is 4. The van der Waals surface area contributed by atoms with E-state index in [1.807, 2.05) is 0 Å². The smallest absolute Gasteiger partial charge is 0.326 e. The van der Waals surface area contributed by atoms with Crippen LogP contribution in [0, 0.1) is 0 Å². The number of carboxylic acid groups (broad SMARTS) is 2. The van der Waals surface area contributed by atoms with E-state index in [1.54, 1.807) is 146 Å². The van der Waals surface area contributed by atoms with Gasteiger partial charge in [0.15, 0.2) is 0 Å². The SMILES string of the molecule is C[C@H](NC(=O)[C@@H](NC(=O)CNC(=O)[C@H](Cc1cnc[nH]1)NC(=O)[C@H](Cc1c[nH]c2ccccc12)NC(=O)[C@H](CC(N)=O)NC(=O)CN)[C@@H](C)O)C(=O)N1CCC[C@@H]1C(=O)N[C@H](CC(=O)O)C(=O)N[C@@H](Cc1c[nH]c2ccccc12)C(=O)N[C@@H](Cc1ccccc1)C(=O)N[C@@H](Cc1ccccc1)C(=O)N[C@@H](CC(N)=O)C(=O)N[C@@H](Cc1ccc(O)cc1)C(=O)N[C@@H](Cc1ccc(O)cc1)C(=O)N[C@@H](Cc1c[nH]c2ccccc12)C(=O)O. The molecular formula is C103H117N23O24. The van der Waals surface area contributed by atoms with Crippen molar-refractivity contribution in [2.24, 2.45) is 17.2 Å². The maximum absolute atomic E-state index is 15.5. The normalized spacial score (nSPS) is 15.0. The molecule has 12 rings (SSSR count). The summed E-state index contributed by atoms with van der Waals surface area (Å²) in [5.41, 5.74) is 21.8. The number of amides is 17. The molecule has 1 aliphatic rings. The fraction of sp³-hybridized carbons (Fsp3) is 0.320. The lowest BCUT2D eigenvalue weighted by molar-refractivity contribution is -0.144. The Bertz CT molecular complexity index is 6720. The van der Waals surface area contributed by atoms with Gasteiger partial charge in [0, 0.05) is 121 Å². The van der Waals surface area contributed by atoms with Gasteiger partial charge in [-0.15, -0.1) is 0 Å². The van der Waals surface area contributed by atoms with E-state index in [2.05, 4.69) is 99.4 Å². The van der Waals surface area contributed by atoms with E-state index in [-0.39, 0.29) is 69.4 Å². The molecule has 0 spiro atoms. The van der Waals surface area contributed by atoms with Crippen LogP contribution in [0.25, 0.3) is 32.7 Å². The number of rotatable bonds is 53. The summed E-state index contributed by atoms with van der Waals surface area (Å²) in [6, 6.07) is 24.3. The van der Waals surface area contributed by atoms with Crippen LogP contribution in [-0.2, 0) is 142 Å². The molecule has 1 fully saturated rings. The van der Waals surface area contributed by atoms with Gasteiger partial charge in [-0.1, -0.05) is 140 Å². The molecular weight excluding hydrogens is 1940 g/mol. The molecule has 1 aliphatic heterocycles. The third-order valence-corrected chi connectivity index (χ3v) is 25.0. The van der Waals surface area contributed by atoms with Crippen molar-refractivity contribution in [1.82, 2.24) is 104 Å². The molecule has 788 valence electrons. The number of carbonyl (C=O) groups is 19. The fourth-order valence-corrected chi connectivity index (χ4v) is 17.3. The number of aliphatic hydroxyl groups excluding tert-OH is 1. The van der Waals surface area contributed by atoms with Crippen LogP contribution < -0.4 is 91.6 Å². The monoisotopic (exact) mass is 2060 g/mol. The largest absolute Gasteiger partial charge is 0.508 e. The van der Waals surface area contributed by atoms with Crippen molar-refractivity contribution in [2.45, 2.75) is 188 Å². The van der Waals surface area contributed by atoms with Gasteiger partial charge in [0.05, 0.1) is 44.8 Å². The van der Waals surface area contributed by atoms with Crippen LogP contribution in [0.1, 0.15) is 90.6 Å². The predicted octanol–water partition coefficient (Wildman–Crippen LogP) is -2.41. The second-order valence-electron chi connectivity index (χ2n) is 36.2. The number of nitrogens with one attached hydrogen (secondary N) is 18. The number of para-hydroxylation sites is 3. The van der Waals surface area contributed by atoms with Crippen molar-refractivity contribution >= 4 is 145 Å². The third-order valence-electron chi connectivity index (χ3n) is 25.0. The number of nitrogens with two attached hydrogens (primary N) is 3. The zero-order valence-corrected chi connectivity index (χ0v) is 81.3. The first-order valence-corrected chi connectivity index (χ1v) is 48.0. The van der Waals surface area contributed by atoms with Gasteiger partial charge in [-0.25, -0.2) is 9.78 Å². The number of carboxylic acids is 2. The number of imidazole rings is 1. The van der Waals surface area contributed by atoms with Gasteiger partial charge in [-0.2, -0.15) is 0 Å².